The highest BCUT2D eigenvalue weighted by Crippen LogP contribution is 2.21. The van der Waals surface area contributed by atoms with E-state index in [0.29, 0.717) is 13.0 Å². The summed E-state index contributed by atoms with van der Waals surface area (Å²) in [6, 6.07) is 7.48. The third-order valence-corrected chi connectivity index (χ3v) is 4.08. The topological polar surface area (TPSA) is 126 Å². The maximum atomic E-state index is 11.9. The molecule has 10 nitrogen and oxygen atoms in total. The molecule has 0 saturated heterocycles. The number of benzene rings is 1. The molecule has 0 aliphatic carbocycles. The number of aryl methyl sites for hydroxylation is 1. The molecule has 2 aromatic rings. The lowest BCUT2D eigenvalue weighted by molar-refractivity contribution is -0.386. The summed E-state index contributed by atoms with van der Waals surface area (Å²) < 4.78 is 11.3. The summed E-state index contributed by atoms with van der Waals surface area (Å²) in [6.07, 6.45) is 0.569. The predicted molar refractivity (Wildman–Crippen MR) is 99.0 cm³/mol. The minimum Gasteiger partial charge on any atom is -0.496 e. The summed E-state index contributed by atoms with van der Waals surface area (Å²) in [5.74, 6) is -0.412. The average molecular weight is 390 g/mol. The number of amides is 1. The SMILES string of the molecule is COc1ccccc1CCNC(=O)COC(=O)Cn1nc(C)c([N+](=O)[O-])c1C. The number of nitrogens with one attached hydrogen (secondary N) is 1. The molecule has 10 heteroatoms. The fourth-order valence-corrected chi connectivity index (χ4v) is 2.72. The van der Waals surface area contributed by atoms with Crippen molar-refractivity contribution < 1.29 is 24.0 Å². The van der Waals surface area contributed by atoms with E-state index >= 15 is 0 Å². The van der Waals surface area contributed by atoms with Gasteiger partial charge in [0.25, 0.3) is 5.91 Å². The minimum absolute atomic E-state index is 0.137. The van der Waals surface area contributed by atoms with Crippen molar-refractivity contribution in [1.29, 1.82) is 0 Å². The van der Waals surface area contributed by atoms with Crippen LogP contribution in [-0.2, 0) is 27.3 Å². The quantitative estimate of drug-likeness (QED) is 0.389. The number of nitrogens with zero attached hydrogens (tertiary/aromatic N) is 3. The lowest BCUT2D eigenvalue weighted by Crippen LogP contribution is -2.31. The van der Waals surface area contributed by atoms with Crippen LogP contribution in [0.3, 0.4) is 0 Å². The molecule has 0 spiro atoms. The number of ether oxygens (including phenoxy) is 2. The molecule has 0 bridgehead atoms. The van der Waals surface area contributed by atoms with E-state index < -0.39 is 23.4 Å². The Hall–Kier alpha value is -3.43. The van der Waals surface area contributed by atoms with Crippen LogP contribution in [0, 0.1) is 24.0 Å². The molecule has 2 rings (SSSR count). The first kappa shape index (κ1) is 20.9. The monoisotopic (exact) mass is 390 g/mol. The number of para-hydroxylation sites is 1. The van der Waals surface area contributed by atoms with Crippen LogP contribution in [0.2, 0.25) is 0 Å². The molecule has 0 unspecified atom stereocenters. The summed E-state index contributed by atoms with van der Waals surface area (Å²) in [7, 11) is 1.58. The van der Waals surface area contributed by atoms with Gasteiger partial charge in [-0.3, -0.25) is 24.4 Å². The van der Waals surface area contributed by atoms with Crippen molar-refractivity contribution in [2.45, 2.75) is 26.8 Å². The van der Waals surface area contributed by atoms with Gasteiger partial charge in [-0.15, -0.1) is 0 Å². The van der Waals surface area contributed by atoms with Gasteiger partial charge in [-0.1, -0.05) is 18.2 Å². The zero-order chi connectivity index (χ0) is 20.7. The number of nitro groups is 1. The van der Waals surface area contributed by atoms with Crippen LogP contribution in [0.5, 0.6) is 5.75 Å². The van der Waals surface area contributed by atoms with Crippen molar-refractivity contribution in [3.63, 3.8) is 0 Å². The molecular formula is C18H22N4O6. The van der Waals surface area contributed by atoms with Crippen molar-refractivity contribution in [1.82, 2.24) is 15.1 Å². The zero-order valence-corrected chi connectivity index (χ0v) is 15.9. The Kier molecular flexibility index (Phi) is 7.08. The minimum atomic E-state index is -0.708. The van der Waals surface area contributed by atoms with Crippen molar-refractivity contribution in [2.24, 2.45) is 0 Å². The van der Waals surface area contributed by atoms with Gasteiger partial charge >= 0.3 is 11.7 Å². The number of rotatable bonds is 9. The normalized spacial score (nSPS) is 10.4. The van der Waals surface area contributed by atoms with Crippen LogP contribution in [0.25, 0.3) is 0 Å². The molecule has 0 radical (unpaired) electrons. The Morgan fingerprint density at radius 3 is 2.64 bits per heavy atom. The smallest absolute Gasteiger partial charge is 0.328 e. The molecule has 150 valence electrons. The lowest BCUT2D eigenvalue weighted by Gasteiger charge is -2.09. The van der Waals surface area contributed by atoms with Gasteiger partial charge < -0.3 is 14.8 Å². The number of hydrogen-bond acceptors (Lipinski definition) is 7. The van der Waals surface area contributed by atoms with Crippen LogP contribution in [0.4, 0.5) is 5.69 Å². The van der Waals surface area contributed by atoms with Gasteiger partial charge in [0.05, 0.1) is 12.0 Å². The number of hydrogen-bond donors (Lipinski definition) is 1. The second kappa shape index (κ2) is 9.49. The van der Waals surface area contributed by atoms with Crippen molar-refractivity contribution >= 4 is 17.6 Å². The Labute approximate surface area is 161 Å². The van der Waals surface area contributed by atoms with Gasteiger partial charge in [-0.2, -0.15) is 5.10 Å². The van der Waals surface area contributed by atoms with Crippen molar-refractivity contribution in [3.05, 3.63) is 51.3 Å². The number of aromatic nitrogens is 2. The molecule has 1 amide bonds. The molecule has 1 heterocycles. The standard InChI is InChI=1S/C18H22N4O6/c1-12-18(22(25)26)13(2)21(20-12)10-17(24)28-11-16(23)19-9-8-14-6-4-5-7-15(14)27-3/h4-7H,8-11H2,1-3H3,(H,19,23). The molecular weight excluding hydrogens is 368 g/mol. The highest BCUT2D eigenvalue weighted by molar-refractivity contribution is 5.80. The molecule has 28 heavy (non-hydrogen) atoms. The third kappa shape index (κ3) is 5.29. The van der Waals surface area contributed by atoms with Gasteiger partial charge in [0, 0.05) is 6.54 Å². The highest BCUT2D eigenvalue weighted by atomic mass is 16.6. The van der Waals surface area contributed by atoms with Gasteiger partial charge in [-0.05, 0) is 31.9 Å². The fourth-order valence-electron chi connectivity index (χ4n) is 2.72. The maximum absolute atomic E-state index is 11.9. The molecule has 0 saturated carbocycles. The largest absolute Gasteiger partial charge is 0.496 e. The average Bonchev–Trinajstić information content (AvgIpc) is 2.93. The molecule has 0 atom stereocenters. The van der Waals surface area contributed by atoms with Crippen LogP contribution >= 0.6 is 0 Å². The van der Waals surface area contributed by atoms with E-state index in [1.807, 2.05) is 24.3 Å². The van der Waals surface area contributed by atoms with E-state index in [0.717, 1.165) is 11.3 Å². The van der Waals surface area contributed by atoms with E-state index in [9.17, 15) is 19.7 Å². The first-order valence-electron chi connectivity index (χ1n) is 8.56. The number of methoxy groups -OCH3 is 1. The second-order valence-corrected chi connectivity index (χ2v) is 6.01. The number of esters is 1. The van der Waals surface area contributed by atoms with Gasteiger partial charge in [0.15, 0.2) is 6.61 Å². The second-order valence-electron chi connectivity index (χ2n) is 6.01. The van der Waals surface area contributed by atoms with Crippen LogP contribution in [-0.4, -0.2) is 46.8 Å². The van der Waals surface area contributed by atoms with Gasteiger partial charge in [-0.25, -0.2) is 0 Å². The molecule has 1 aromatic carbocycles. The first-order valence-corrected chi connectivity index (χ1v) is 8.56. The maximum Gasteiger partial charge on any atom is 0.328 e. The zero-order valence-electron chi connectivity index (χ0n) is 15.9. The Bertz CT molecular complexity index is 877. The third-order valence-electron chi connectivity index (χ3n) is 4.08. The molecule has 1 aromatic heterocycles. The van der Waals surface area contributed by atoms with E-state index in [2.05, 4.69) is 10.4 Å². The van der Waals surface area contributed by atoms with Gasteiger partial charge in [0.1, 0.15) is 23.7 Å². The summed E-state index contributed by atoms with van der Waals surface area (Å²) in [5.41, 5.74) is 1.28. The number of carbonyl (C=O) groups is 2. The lowest BCUT2D eigenvalue weighted by atomic mass is 10.1. The Morgan fingerprint density at radius 1 is 1.29 bits per heavy atom. The van der Waals surface area contributed by atoms with Crippen molar-refractivity contribution in [3.8, 4) is 5.75 Å². The van der Waals surface area contributed by atoms with Crippen LogP contribution < -0.4 is 10.1 Å². The van der Waals surface area contributed by atoms with E-state index in [4.69, 9.17) is 9.47 Å². The fraction of sp³-hybridized carbons (Fsp3) is 0.389. The summed E-state index contributed by atoms with van der Waals surface area (Å²) in [5, 5.41) is 17.6. The van der Waals surface area contributed by atoms with Crippen molar-refractivity contribution in [2.75, 3.05) is 20.3 Å². The van der Waals surface area contributed by atoms with E-state index in [-0.39, 0.29) is 23.6 Å². The summed E-state index contributed by atoms with van der Waals surface area (Å²) in [6.45, 7) is 2.60. The first-order chi connectivity index (χ1) is 13.3. The predicted octanol–water partition coefficient (Wildman–Crippen LogP) is 1.32. The molecule has 0 aliphatic rings. The Morgan fingerprint density at radius 2 is 2.00 bits per heavy atom. The highest BCUT2D eigenvalue weighted by Gasteiger charge is 2.23. The van der Waals surface area contributed by atoms with Gasteiger partial charge in [0.2, 0.25) is 0 Å². The summed E-state index contributed by atoms with van der Waals surface area (Å²) >= 11 is 0. The van der Waals surface area contributed by atoms with Crippen LogP contribution in [0.15, 0.2) is 24.3 Å². The summed E-state index contributed by atoms with van der Waals surface area (Å²) in [4.78, 5) is 34.1. The Balaban J connectivity index is 1.77. The van der Waals surface area contributed by atoms with Crippen LogP contribution in [0.1, 0.15) is 17.0 Å². The molecule has 0 fully saturated rings. The number of carbonyl (C=O) groups excluding carboxylic acids is 2. The van der Waals surface area contributed by atoms with E-state index in [1.165, 1.54) is 18.5 Å². The molecule has 0 aliphatic heterocycles. The molecule has 1 N–H and O–H groups in total. The van der Waals surface area contributed by atoms with E-state index in [1.54, 1.807) is 7.11 Å².